The van der Waals surface area contributed by atoms with Gasteiger partial charge in [-0.3, -0.25) is 9.59 Å². The highest BCUT2D eigenvalue weighted by Crippen LogP contribution is 2.26. The first-order valence-corrected chi connectivity index (χ1v) is 9.25. The van der Waals surface area contributed by atoms with E-state index in [1.165, 1.54) is 0 Å². The van der Waals surface area contributed by atoms with Crippen LogP contribution in [-0.4, -0.2) is 16.0 Å². The van der Waals surface area contributed by atoms with E-state index < -0.39 is 10.9 Å². The van der Waals surface area contributed by atoms with Gasteiger partial charge in [0.25, 0.3) is 10.9 Å². The van der Waals surface area contributed by atoms with E-state index in [1.54, 1.807) is 24.4 Å². The summed E-state index contributed by atoms with van der Waals surface area (Å²) in [5.74, 6) is 0.738. The second kappa shape index (κ2) is 7.59. The Hall–Kier alpha value is -2.93. The van der Waals surface area contributed by atoms with Crippen LogP contribution >= 0.6 is 11.6 Å². The van der Waals surface area contributed by atoms with Gasteiger partial charge in [-0.15, -0.1) is 0 Å². The minimum Gasteiger partial charge on any atom is -0.377 e. The number of hydrogen-bond acceptors (Lipinski definition) is 7. The van der Waals surface area contributed by atoms with Gasteiger partial charge >= 0.3 is 0 Å². The smallest absolute Gasteiger partial charge is 0.253 e. The molecule has 0 fully saturated rings. The largest absolute Gasteiger partial charge is 0.377 e. The van der Waals surface area contributed by atoms with Gasteiger partial charge < -0.3 is 16.0 Å². The second-order valence-electron chi connectivity index (χ2n) is 7.67. The van der Waals surface area contributed by atoms with Gasteiger partial charge in [-0.05, 0) is 36.6 Å². The topological polar surface area (TPSA) is 96.0 Å². The molecule has 0 spiro atoms. The summed E-state index contributed by atoms with van der Waals surface area (Å²) >= 11 is 5.98. The fourth-order valence-electron chi connectivity index (χ4n) is 2.39. The van der Waals surface area contributed by atoms with Crippen molar-refractivity contribution in [3.8, 4) is 0 Å². The van der Waals surface area contributed by atoms with Crippen LogP contribution in [0.25, 0.3) is 0 Å². The summed E-state index contributed by atoms with van der Waals surface area (Å²) in [7, 11) is 0. The summed E-state index contributed by atoms with van der Waals surface area (Å²) in [6.07, 6.45) is 1.55. The molecule has 0 radical (unpaired) electrons. The van der Waals surface area contributed by atoms with E-state index in [9.17, 15) is 9.59 Å². The highest BCUT2D eigenvalue weighted by atomic mass is 35.5. The van der Waals surface area contributed by atoms with Crippen LogP contribution in [0.3, 0.4) is 0 Å². The molecule has 0 bridgehead atoms. The predicted octanol–water partition coefficient (Wildman–Crippen LogP) is 4.06. The van der Waals surface area contributed by atoms with Crippen molar-refractivity contribution in [3.63, 3.8) is 0 Å². The maximum atomic E-state index is 12.0. The first-order valence-electron chi connectivity index (χ1n) is 8.87. The highest BCUT2D eigenvalue weighted by molar-refractivity contribution is 6.30. The number of hydrogen-bond donors (Lipinski definition) is 3. The highest BCUT2D eigenvalue weighted by Gasteiger charge is 2.27. The summed E-state index contributed by atoms with van der Waals surface area (Å²) in [5, 5.41) is 9.71. The fraction of sp³-hybridized carbons (Fsp3) is 0.300. The van der Waals surface area contributed by atoms with E-state index in [1.807, 2.05) is 19.1 Å². The Balaban J connectivity index is 1.79. The van der Waals surface area contributed by atoms with Gasteiger partial charge in [0.05, 0.1) is 0 Å². The molecule has 0 saturated heterocycles. The van der Waals surface area contributed by atoms with E-state index in [4.69, 9.17) is 11.6 Å². The lowest BCUT2D eigenvalue weighted by Gasteiger charge is -2.30. The Kier molecular flexibility index (Phi) is 5.38. The molecule has 3 aromatic rings. The van der Waals surface area contributed by atoms with E-state index in [-0.39, 0.29) is 22.8 Å². The summed E-state index contributed by atoms with van der Waals surface area (Å²) in [4.78, 5) is 32.5. The number of benzene rings is 1. The number of aromatic nitrogens is 2. The first-order chi connectivity index (χ1) is 13.1. The molecule has 1 unspecified atom stereocenters. The Bertz CT molecular complexity index is 1070. The summed E-state index contributed by atoms with van der Waals surface area (Å²) < 4.78 is 0. The quantitative estimate of drug-likeness (QED) is 0.538. The van der Waals surface area contributed by atoms with Crippen LogP contribution in [0.4, 0.5) is 28.8 Å². The van der Waals surface area contributed by atoms with Crippen molar-refractivity contribution < 1.29 is 0 Å². The number of nitrogens with one attached hydrogen (secondary N) is 3. The van der Waals surface area contributed by atoms with Gasteiger partial charge in [0, 0.05) is 22.9 Å². The molecule has 0 aliphatic rings. The van der Waals surface area contributed by atoms with Gasteiger partial charge in [0.1, 0.15) is 17.2 Å². The molecule has 8 heteroatoms. The summed E-state index contributed by atoms with van der Waals surface area (Å²) in [6.45, 7) is 8.14. The molecule has 0 aliphatic carbocycles. The van der Waals surface area contributed by atoms with Crippen molar-refractivity contribution >= 4 is 40.4 Å². The molecular formula is C20H22ClN5O2. The van der Waals surface area contributed by atoms with E-state index in [0.29, 0.717) is 16.8 Å². The monoisotopic (exact) mass is 399 g/mol. The minimum absolute atomic E-state index is 0.00167. The molecule has 28 heavy (non-hydrogen) atoms. The molecule has 1 atom stereocenters. The first kappa shape index (κ1) is 19.8. The number of rotatable bonds is 6. The Morgan fingerprint density at radius 3 is 2.43 bits per heavy atom. The summed E-state index contributed by atoms with van der Waals surface area (Å²) in [5.41, 5.74) is 0.0838. The third-order valence-electron chi connectivity index (χ3n) is 4.56. The molecule has 146 valence electrons. The maximum absolute atomic E-state index is 12.0. The van der Waals surface area contributed by atoms with Crippen molar-refractivity contribution in [1.29, 1.82) is 0 Å². The van der Waals surface area contributed by atoms with Gasteiger partial charge in [-0.1, -0.05) is 38.4 Å². The van der Waals surface area contributed by atoms with Crippen LogP contribution < -0.4 is 26.8 Å². The zero-order chi connectivity index (χ0) is 20.5. The Morgan fingerprint density at radius 2 is 1.75 bits per heavy atom. The van der Waals surface area contributed by atoms with E-state index in [0.717, 1.165) is 5.69 Å². The lowest BCUT2D eigenvalue weighted by Crippen LogP contribution is -2.41. The van der Waals surface area contributed by atoms with E-state index >= 15 is 0 Å². The van der Waals surface area contributed by atoms with Crippen LogP contribution in [0, 0.1) is 5.41 Å². The van der Waals surface area contributed by atoms with Crippen LogP contribution in [0.15, 0.2) is 46.1 Å². The predicted molar refractivity (Wildman–Crippen MR) is 114 cm³/mol. The molecule has 1 aromatic heterocycles. The SMILES string of the molecule is CC(Nc1c(Nc2ccnc(Nc3cccc(Cl)c3)n2)c(=O)c1=O)C(C)(C)C. The zero-order valence-corrected chi connectivity index (χ0v) is 16.9. The van der Waals surface area contributed by atoms with Crippen molar-refractivity contribution in [3.05, 3.63) is 62.0 Å². The normalized spacial score (nSPS) is 12.6. The van der Waals surface area contributed by atoms with Crippen molar-refractivity contribution in [1.82, 2.24) is 9.97 Å². The molecule has 0 aliphatic heterocycles. The third kappa shape index (κ3) is 4.31. The average molecular weight is 400 g/mol. The molecule has 0 saturated carbocycles. The molecule has 2 aromatic carbocycles. The molecule has 3 N–H and O–H groups in total. The second-order valence-corrected chi connectivity index (χ2v) is 8.10. The van der Waals surface area contributed by atoms with Crippen molar-refractivity contribution in [2.24, 2.45) is 5.41 Å². The molecule has 7 nitrogen and oxygen atoms in total. The molecule has 1 heterocycles. The van der Waals surface area contributed by atoms with E-state index in [2.05, 4.69) is 46.7 Å². The Labute approximate surface area is 167 Å². The third-order valence-corrected chi connectivity index (χ3v) is 4.79. The van der Waals surface area contributed by atoms with Gasteiger partial charge in [0.15, 0.2) is 0 Å². The number of anilines is 5. The van der Waals surface area contributed by atoms with Gasteiger partial charge in [-0.2, -0.15) is 4.98 Å². The minimum atomic E-state index is -0.563. The number of nitrogens with zero attached hydrogens (tertiary/aromatic N) is 2. The lowest BCUT2D eigenvalue weighted by molar-refractivity contribution is 0.359. The lowest BCUT2D eigenvalue weighted by atomic mass is 9.87. The van der Waals surface area contributed by atoms with Crippen LogP contribution in [0.1, 0.15) is 27.7 Å². The van der Waals surface area contributed by atoms with Crippen LogP contribution in [0.2, 0.25) is 5.02 Å². The number of halogens is 1. The van der Waals surface area contributed by atoms with Crippen molar-refractivity contribution in [2.75, 3.05) is 16.0 Å². The van der Waals surface area contributed by atoms with Crippen molar-refractivity contribution in [2.45, 2.75) is 33.7 Å². The van der Waals surface area contributed by atoms with Gasteiger partial charge in [0.2, 0.25) is 5.95 Å². The summed E-state index contributed by atoms with van der Waals surface area (Å²) in [6, 6.07) is 8.78. The fourth-order valence-corrected chi connectivity index (χ4v) is 2.58. The standard InChI is InChI=1S/C20H22ClN5O2/c1-11(20(2,3)4)23-15-16(18(28)17(15)27)25-14-8-9-22-19(26-14)24-13-7-5-6-12(21)10-13/h5-11,23H,1-4H3,(H2,22,24,25,26). The Morgan fingerprint density at radius 1 is 1.04 bits per heavy atom. The zero-order valence-electron chi connectivity index (χ0n) is 16.1. The molecular weight excluding hydrogens is 378 g/mol. The molecule has 0 amide bonds. The van der Waals surface area contributed by atoms with Crippen LogP contribution in [0.5, 0.6) is 0 Å². The molecule has 3 rings (SSSR count). The van der Waals surface area contributed by atoms with Crippen LogP contribution in [-0.2, 0) is 0 Å². The average Bonchev–Trinajstić information content (AvgIpc) is 2.63. The maximum Gasteiger partial charge on any atom is 0.253 e. The van der Waals surface area contributed by atoms with Gasteiger partial charge in [-0.25, -0.2) is 4.98 Å².